The van der Waals surface area contributed by atoms with Crippen molar-refractivity contribution in [1.82, 2.24) is 19.2 Å². The van der Waals surface area contributed by atoms with Crippen molar-refractivity contribution in [3.63, 3.8) is 0 Å². The zero-order valence-electron chi connectivity index (χ0n) is 23.6. The molecule has 9 heteroatoms. The van der Waals surface area contributed by atoms with Gasteiger partial charge in [-0.25, -0.2) is 4.98 Å². The molecule has 0 radical (unpaired) electrons. The maximum Gasteiger partial charge on any atom is 0.270 e. The molecule has 0 bridgehead atoms. The highest BCUT2D eigenvalue weighted by Crippen LogP contribution is 2.31. The van der Waals surface area contributed by atoms with E-state index in [9.17, 15) is 14.9 Å². The van der Waals surface area contributed by atoms with Crippen LogP contribution in [0.1, 0.15) is 21.6 Å². The summed E-state index contributed by atoms with van der Waals surface area (Å²) in [4.78, 5) is 33.3. The fourth-order valence-corrected chi connectivity index (χ4v) is 5.39. The summed E-state index contributed by atoms with van der Waals surface area (Å²) in [5.74, 6) is 0.830. The number of aromatic nitrogens is 2. The summed E-state index contributed by atoms with van der Waals surface area (Å²) in [6, 6.07) is 26.1. The molecule has 3 heterocycles. The summed E-state index contributed by atoms with van der Waals surface area (Å²) in [5.41, 5.74) is 7.16. The third kappa shape index (κ3) is 5.46. The lowest BCUT2D eigenvalue weighted by molar-refractivity contribution is -0.384. The Balaban J connectivity index is 1.31. The van der Waals surface area contributed by atoms with Crippen LogP contribution >= 0.6 is 0 Å². The topological polar surface area (TPSA) is 93.2 Å². The average molecular weight is 562 g/mol. The number of carbonyl (C=O) groups excluding carboxylic acids is 1. The first kappa shape index (κ1) is 27.2. The van der Waals surface area contributed by atoms with Gasteiger partial charge >= 0.3 is 0 Å². The van der Waals surface area contributed by atoms with Crippen molar-refractivity contribution in [3.8, 4) is 28.1 Å². The van der Waals surface area contributed by atoms with Crippen LogP contribution in [0.4, 0.5) is 5.69 Å². The maximum atomic E-state index is 13.1. The second kappa shape index (κ2) is 11.5. The van der Waals surface area contributed by atoms with E-state index < -0.39 is 0 Å². The van der Waals surface area contributed by atoms with E-state index in [-0.39, 0.29) is 16.5 Å². The zero-order chi connectivity index (χ0) is 29.2. The number of carbonyl (C=O) groups is 1. The van der Waals surface area contributed by atoms with E-state index in [0.717, 1.165) is 58.1 Å². The highest BCUT2D eigenvalue weighted by molar-refractivity contribution is 5.94. The molecule has 1 aliphatic heterocycles. The number of aryl methyl sites for hydroxylation is 1. The minimum Gasteiger partial charge on any atom is -0.497 e. The van der Waals surface area contributed by atoms with Gasteiger partial charge in [0.25, 0.3) is 11.6 Å². The normalized spacial score (nSPS) is 13.8. The molecule has 0 atom stereocenters. The molecule has 2 aromatic heterocycles. The zero-order valence-corrected chi connectivity index (χ0v) is 23.6. The lowest BCUT2D eigenvalue weighted by Gasteiger charge is -2.34. The summed E-state index contributed by atoms with van der Waals surface area (Å²) in [7, 11) is 1.64. The highest BCUT2D eigenvalue weighted by Gasteiger charge is 2.25. The third-order valence-electron chi connectivity index (χ3n) is 7.80. The van der Waals surface area contributed by atoms with Gasteiger partial charge in [0.1, 0.15) is 11.4 Å². The Labute approximate surface area is 243 Å². The number of non-ortho nitro benzene ring substituents is 1. The van der Waals surface area contributed by atoms with Gasteiger partial charge in [-0.05, 0) is 66.6 Å². The smallest absolute Gasteiger partial charge is 0.270 e. The second-order valence-electron chi connectivity index (χ2n) is 10.5. The van der Waals surface area contributed by atoms with E-state index in [2.05, 4.69) is 9.30 Å². The third-order valence-corrected chi connectivity index (χ3v) is 7.80. The fourth-order valence-electron chi connectivity index (χ4n) is 5.39. The molecule has 1 aliphatic rings. The largest absolute Gasteiger partial charge is 0.497 e. The highest BCUT2D eigenvalue weighted by atomic mass is 16.6. The van der Waals surface area contributed by atoms with Crippen molar-refractivity contribution in [2.45, 2.75) is 13.5 Å². The van der Waals surface area contributed by atoms with Crippen LogP contribution in [0.5, 0.6) is 5.75 Å². The molecule has 212 valence electrons. The van der Waals surface area contributed by atoms with Gasteiger partial charge in [0, 0.05) is 62.2 Å². The molecule has 0 aliphatic carbocycles. The number of nitro benzene ring substituents is 1. The number of ether oxygens (including phenoxy) is 1. The monoisotopic (exact) mass is 561 g/mol. The molecule has 0 saturated carbocycles. The van der Waals surface area contributed by atoms with E-state index in [0.29, 0.717) is 25.2 Å². The molecule has 0 N–H and O–H groups in total. The molecule has 3 aromatic carbocycles. The molecular formula is C33H31N5O4. The van der Waals surface area contributed by atoms with Crippen LogP contribution in [-0.4, -0.2) is 63.3 Å². The molecule has 6 rings (SSSR count). The number of nitrogens with zero attached hydrogens (tertiary/aromatic N) is 5. The van der Waals surface area contributed by atoms with Crippen LogP contribution in [0.2, 0.25) is 0 Å². The van der Waals surface area contributed by atoms with E-state index in [1.807, 2.05) is 84.8 Å². The Morgan fingerprint density at radius 2 is 1.62 bits per heavy atom. The summed E-state index contributed by atoms with van der Waals surface area (Å²) in [6.07, 6.45) is 2.00. The minimum absolute atomic E-state index is 0.0513. The van der Waals surface area contributed by atoms with Crippen LogP contribution in [0, 0.1) is 17.0 Å². The van der Waals surface area contributed by atoms with E-state index in [4.69, 9.17) is 9.72 Å². The average Bonchev–Trinajstić information content (AvgIpc) is 3.39. The van der Waals surface area contributed by atoms with Crippen molar-refractivity contribution in [3.05, 3.63) is 118 Å². The van der Waals surface area contributed by atoms with Gasteiger partial charge in [0.2, 0.25) is 0 Å². The maximum absolute atomic E-state index is 13.1. The van der Waals surface area contributed by atoms with Crippen LogP contribution in [-0.2, 0) is 6.54 Å². The first-order valence-electron chi connectivity index (χ1n) is 13.9. The van der Waals surface area contributed by atoms with Crippen molar-refractivity contribution in [2.75, 3.05) is 33.3 Å². The number of pyridine rings is 1. The van der Waals surface area contributed by atoms with Gasteiger partial charge in [0.15, 0.2) is 0 Å². The number of imidazole rings is 1. The summed E-state index contributed by atoms with van der Waals surface area (Å²) >= 11 is 0. The lowest BCUT2D eigenvalue weighted by atomic mass is 10.1. The molecule has 1 saturated heterocycles. The van der Waals surface area contributed by atoms with Crippen molar-refractivity contribution in [1.29, 1.82) is 0 Å². The number of rotatable bonds is 7. The van der Waals surface area contributed by atoms with E-state index in [1.54, 1.807) is 19.2 Å². The Morgan fingerprint density at radius 1 is 0.905 bits per heavy atom. The second-order valence-corrected chi connectivity index (χ2v) is 10.5. The van der Waals surface area contributed by atoms with Gasteiger partial charge in [-0.3, -0.25) is 19.8 Å². The van der Waals surface area contributed by atoms with Gasteiger partial charge in [-0.2, -0.15) is 0 Å². The Bertz CT molecular complexity index is 1750. The molecule has 9 nitrogen and oxygen atoms in total. The van der Waals surface area contributed by atoms with E-state index in [1.165, 1.54) is 6.07 Å². The molecule has 1 amide bonds. The summed E-state index contributed by atoms with van der Waals surface area (Å²) in [5, 5.41) is 11.4. The van der Waals surface area contributed by atoms with Crippen LogP contribution in [0.3, 0.4) is 0 Å². The number of nitro groups is 1. The van der Waals surface area contributed by atoms with Crippen molar-refractivity contribution in [2.24, 2.45) is 0 Å². The molecule has 42 heavy (non-hydrogen) atoms. The number of methoxy groups -OCH3 is 1. The standard InChI is InChI=1S/C33H31N5O4/c1-23-6-8-25(9-7-23)33(39)36-18-16-35(17-19-36)22-30-32(24-10-13-29(42-2)14-11-24)34-31-15-12-27(21-37(30)31)26-4-3-5-28(20-26)38(40)41/h3-15,20-21H,16-19,22H2,1-2H3. The van der Waals surface area contributed by atoms with Crippen molar-refractivity contribution < 1.29 is 14.5 Å². The number of hydrogen-bond acceptors (Lipinski definition) is 6. The van der Waals surface area contributed by atoms with Gasteiger partial charge in [-0.1, -0.05) is 29.8 Å². The van der Waals surface area contributed by atoms with Crippen molar-refractivity contribution >= 4 is 17.2 Å². The molecule has 0 unspecified atom stereocenters. The Hall–Kier alpha value is -5.02. The van der Waals surface area contributed by atoms with E-state index >= 15 is 0 Å². The number of hydrogen-bond donors (Lipinski definition) is 0. The number of fused-ring (bicyclic) bond motifs is 1. The summed E-state index contributed by atoms with van der Waals surface area (Å²) < 4.78 is 7.44. The predicted octanol–water partition coefficient (Wildman–Crippen LogP) is 5.85. The molecule has 1 fully saturated rings. The number of benzene rings is 3. The Kier molecular flexibility index (Phi) is 7.41. The first-order valence-corrected chi connectivity index (χ1v) is 13.9. The fraction of sp³-hybridized carbons (Fsp3) is 0.212. The predicted molar refractivity (Wildman–Crippen MR) is 162 cm³/mol. The van der Waals surface area contributed by atoms with Crippen LogP contribution < -0.4 is 4.74 Å². The number of piperazine rings is 1. The van der Waals surface area contributed by atoms with Crippen LogP contribution in [0.25, 0.3) is 28.0 Å². The molecule has 0 spiro atoms. The quantitative estimate of drug-likeness (QED) is 0.183. The first-order chi connectivity index (χ1) is 20.4. The summed E-state index contributed by atoms with van der Waals surface area (Å²) in [6.45, 7) is 5.39. The lowest BCUT2D eigenvalue weighted by Crippen LogP contribution is -2.48. The minimum atomic E-state index is -0.379. The van der Waals surface area contributed by atoms with Crippen LogP contribution in [0.15, 0.2) is 91.1 Å². The SMILES string of the molecule is COc1ccc(-c2nc3ccc(-c4cccc([N+](=O)[O-])c4)cn3c2CN2CCN(C(=O)c3ccc(C)cc3)CC2)cc1. The van der Waals surface area contributed by atoms with Gasteiger partial charge in [0.05, 0.1) is 23.4 Å². The Morgan fingerprint density at radius 3 is 2.31 bits per heavy atom. The molecule has 5 aromatic rings. The molecular weight excluding hydrogens is 530 g/mol. The number of amides is 1. The van der Waals surface area contributed by atoms with Gasteiger partial charge in [-0.15, -0.1) is 0 Å². The van der Waals surface area contributed by atoms with Gasteiger partial charge < -0.3 is 14.0 Å².